The molecule has 0 aliphatic rings. The van der Waals surface area contributed by atoms with Gasteiger partial charge in [0.15, 0.2) is 0 Å². The molecule has 0 bridgehead atoms. The van der Waals surface area contributed by atoms with E-state index in [0.717, 1.165) is 6.42 Å². The summed E-state index contributed by atoms with van der Waals surface area (Å²) in [6.07, 6.45) is 3.41. The van der Waals surface area contributed by atoms with Gasteiger partial charge in [0.05, 0.1) is 0 Å². The second-order valence-electron chi connectivity index (χ2n) is 7.55. The zero-order valence-electron chi connectivity index (χ0n) is 14.3. The maximum atomic E-state index is 4.35. The normalized spacial score (nSPS) is 13.4. The first kappa shape index (κ1) is 16.8. The molecular formula is C20H30. The Morgan fingerprint density at radius 1 is 0.950 bits per heavy atom. The van der Waals surface area contributed by atoms with Crippen molar-refractivity contribution in [2.24, 2.45) is 10.8 Å². The highest BCUT2D eigenvalue weighted by atomic mass is 14.3. The van der Waals surface area contributed by atoms with E-state index in [9.17, 15) is 0 Å². The van der Waals surface area contributed by atoms with Crippen molar-refractivity contribution >= 4 is 11.1 Å². The van der Waals surface area contributed by atoms with Gasteiger partial charge in [-0.2, -0.15) is 0 Å². The van der Waals surface area contributed by atoms with Crippen LogP contribution >= 0.6 is 0 Å². The van der Waals surface area contributed by atoms with Crippen LogP contribution in [0.15, 0.2) is 36.9 Å². The van der Waals surface area contributed by atoms with Crippen LogP contribution in [0.25, 0.3) is 11.1 Å². The number of hydrogen-bond donors (Lipinski definition) is 0. The Kier molecular flexibility index (Phi) is 5.02. The predicted octanol–water partition coefficient (Wildman–Crippen LogP) is 6.59. The topological polar surface area (TPSA) is 0 Å². The summed E-state index contributed by atoms with van der Waals surface area (Å²) in [7, 11) is 0. The van der Waals surface area contributed by atoms with Crippen molar-refractivity contribution in [2.45, 2.75) is 54.9 Å². The molecule has 0 heterocycles. The molecule has 0 amide bonds. The van der Waals surface area contributed by atoms with Crippen molar-refractivity contribution in [1.29, 1.82) is 0 Å². The molecule has 0 aliphatic carbocycles. The van der Waals surface area contributed by atoms with E-state index < -0.39 is 0 Å². The second-order valence-corrected chi connectivity index (χ2v) is 7.55. The van der Waals surface area contributed by atoms with Crippen molar-refractivity contribution in [3.63, 3.8) is 0 Å². The third kappa shape index (κ3) is 3.85. The van der Waals surface area contributed by atoms with Gasteiger partial charge in [-0.05, 0) is 39.5 Å². The summed E-state index contributed by atoms with van der Waals surface area (Å²) in [6, 6.07) is 8.68. The summed E-state index contributed by atoms with van der Waals surface area (Å²) in [6.45, 7) is 20.1. The zero-order valence-corrected chi connectivity index (χ0v) is 14.3. The molecule has 1 rings (SSSR count). The van der Waals surface area contributed by atoms with Crippen LogP contribution in [0, 0.1) is 10.8 Å². The van der Waals surface area contributed by atoms with E-state index in [1.54, 1.807) is 0 Å². The standard InChI is InChI=1S/C20H30/c1-9-12-18(20(6,7)8)17-14-11-10-13-16(17)15(2)19(3,4)5/h10-14H,2,9H2,1,3-8H3/b18-12+. The van der Waals surface area contributed by atoms with Crippen LogP contribution in [-0.2, 0) is 0 Å². The Hall–Kier alpha value is -1.30. The molecule has 0 spiro atoms. The molecule has 1 aromatic carbocycles. The summed E-state index contributed by atoms with van der Waals surface area (Å²) in [5.41, 5.74) is 5.48. The molecule has 0 aliphatic heterocycles. The first-order valence-electron chi connectivity index (χ1n) is 7.58. The van der Waals surface area contributed by atoms with Gasteiger partial charge >= 0.3 is 0 Å². The molecule has 0 heteroatoms. The summed E-state index contributed by atoms with van der Waals surface area (Å²) in [5.74, 6) is 0. The Bertz CT molecular complexity index is 502. The third-order valence-electron chi connectivity index (χ3n) is 3.66. The molecule has 0 saturated carbocycles. The number of rotatable bonds is 3. The van der Waals surface area contributed by atoms with Gasteiger partial charge in [0, 0.05) is 0 Å². The summed E-state index contributed by atoms with van der Waals surface area (Å²) >= 11 is 0. The van der Waals surface area contributed by atoms with E-state index in [0.29, 0.717) is 0 Å². The predicted molar refractivity (Wildman–Crippen MR) is 92.7 cm³/mol. The van der Waals surface area contributed by atoms with Crippen LogP contribution in [0.2, 0.25) is 0 Å². The molecule has 0 fully saturated rings. The van der Waals surface area contributed by atoms with Crippen molar-refractivity contribution < 1.29 is 0 Å². The van der Waals surface area contributed by atoms with Crippen LogP contribution in [0.4, 0.5) is 0 Å². The van der Waals surface area contributed by atoms with Crippen LogP contribution in [0.1, 0.15) is 66.0 Å². The second kappa shape index (κ2) is 5.99. The third-order valence-corrected chi connectivity index (χ3v) is 3.66. The Labute approximate surface area is 125 Å². The molecule has 0 aromatic heterocycles. The van der Waals surface area contributed by atoms with Gasteiger partial charge in [0.1, 0.15) is 0 Å². The van der Waals surface area contributed by atoms with Gasteiger partial charge in [-0.1, -0.05) is 85.4 Å². The number of hydrogen-bond acceptors (Lipinski definition) is 0. The number of allylic oxidation sites excluding steroid dienone is 3. The van der Waals surface area contributed by atoms with E-state index in [4.69, 9.17) is 0 Å². The van der Waals surface area contributed by atoms with Crippen molar-refractivity contribution in [1.82, 2.24) is 0 Å². The molecule has 20 heavy (non-hydrogen) atoms. The van der Waals surface area contributed by atoms with E-state index in [2.05, 4.69) is 85.4 Å². The SMILES string of the molecule is C=C(c1ccccc1/C(=C\CC)C(C)(C)C)C(C)(C)C. The minimum absolute atomic E-state index is 0.0886. The average molecular weight is 270 g/mol. The lowest BCUT2D eigenvalue weighted by Gasteiger charge is -2.29. The minimum Gasteiger partial charge on any atom is -0.0947 e. The lowest BCUT2D eigenvalue weighted by atomic mass is 9.75. The quantitative estimate of drug-likeness (QED) is 0.581. The highest BCUT2D eigenvalue weighted by Gasteiger charge is 2.24. The van der Waals surface area contributed by atoms with Crippen LogP contribution in [0.5, 0.6) is 0 Å². The fraction of sp³-hybridized carbons (Fsp3) is 0.500. The van der Waals surface area contributed by atoms with E-state index in [1.165, 1.54) is 22.3 Å². The van der Waals surface area contributed by atoms with Crippen LogP contribution in [-0.4, -0.2) is 0 Å². The van der Waals surface area contributed by atoms with Crippen molar-refractivity contribution in [3.05, 3.63) is 48.0 Å². The molecule has 1 aromatic rings. The average Bonchev–Trinajstić information content (AvgIpc) is 2.32. The van der Waals surface area contributed by atoms with Gasteiger partial charge in [-0.3, -0.25) is 0 Å². The van der Waals surface area contributed by atoms with E-state index in [1.807, 2.05) is 0 Å². The van der Waals surface area contributed by atoms with Gasteiger partial charge in [0.25, 0.3) is 0 Å². The Balaban J connectivity index is 3.47. The van der Waals surface area contributed by atoms with Crippen molar-refractivity contribution in [3.8, 4) is 0 Å². The molecule has 0 N–H and O–H groups in total. The van der Waals surface area contributed by atoms with Gasteiger partial charge in [0.2, 0.25) is 0 Å². The maximum Gasteiger partial charge on any atom is -0.0129 e. The molecule has 0 atom stereocenters. The maximum absolute atomic E-state index is 4.35. The Morgan fingerprint density at radius 3 is 1.85 bits per heavy atom. The van der Waals surface area contributed by atoms with Crippen LogP contribution < -0.4 is 0 Å². The van der Waals surface area contributed by atoms with E-state index in [-0.39, 0.29) is 10.8 Å². The minimum atomic E-state index is 0.0886. The highest BCUT2D eigenvalue weighted by Crippen LogP contribution is 2.41. The summed E-state index contributed by atoms with van der Waals surface area (Å²) in [4.78, 5) is 0. The molecule has 110 valence electrons. The molecule has 0 nitrogen and oxygen atoms in total. The van der Waals surface area contributed by atoms with Gasteiger partial charge in [-0.15, -0.1) is 0 Å². The fourth-order valence-corrected chi connectivity index (χ4v) is 2.41. The Morgan fingerprint density at radius 2 is 1.45 bits per heavy atom. The first-order chi connectivity index (χ1) is 9.09. The van der Waals surface area contributed by atoms with Crippen molar-refractivity contribution in [2.75, 3.05) is 0 Å². The largest absolute Gasteiger partial charge is 0.0947 e. The first-order valence-corrected chi connectivity index (χ1v) is 7.58. The fourth-order valence-electron chi connectivity index (χ4n) is 2.41. The smallest absolute Gasteiger partial charge is 0.0129 e. The lowest BCUT2D eigenvalue weighted by Crippen LogP contribution is -2.13. The summed E-state index contributed by atoms with van der Waals surface area (Å²) in [5, 5.41) is 0. The monoisotopic (exact) mass is 270 g/mol. The molecular weight excluding hydrogens is 240 g/mol. The summed E-state index contributed by atoms with van der Waals surface area (Å²) < 4.78 is 0. The zero-order chi connectivity index (χ0) is 15.6. The molecule has 0 unspecified atom stereocenters. The molecule has 0 saturated heterocycles. The highest BCUT2D eigenvalue weighted by molar-refractivity contribution is 5.82. The lowest BCUT2D eigenvalue weighted by molar-refractivity contribution is 0.559. The van der Waals surface area contributed by atoms with Gasteiger partial charge in [-0.25, -0.2) is 0 Å². The molecule has 0 radical (unpaired) electrons. The van der Waals surface area contributed by atoms with Crippen LogP contribution in [0.3, 0.4) is 0 Å². The number of benzene rings is 1. The van der Waals surface area contributed by atoms with E-state index >= 15 is 0 Å². The van der Waals surface area contributed by atoms with Gasteiger partial charge < -0.3 is 0 Å².